The number of carbonyl (C=O) groups excluding carboxylic acids is 1. The highest BCUT2D eigenvalue weighted by atomic mass is 35.5. The summed E-state index contributed by atoms with van der Waals surface area (Å²) in [6.07, 6.45) is 1.48. The number of rotatable bonds is 4. The van der Waals surface area contributed by atoms with E-state index in [1.165, 1.54) is 35.0 Å². The molecule has 0 saturated carbocycles. The van der Waals surface area contributed by atoms with Crippen LogP contribution in [0.3, 0.4) is 0 Å². The Bertz CT molecular complexity index is 669. The van der Waals surface area contributed by atoms with Crippen molar-refractivity contribution in [3.05, 3.63) is 53.1 Å². The van der Waals surface area contributed by atoms with Gasteiger partial charge in [-0.1, -0.05) is 11.6 Å². The highest BCUT2D eigenvalue weighted by molar-refractivity contribution is 6.33. The highest BCUT2D eigenvalue weighted by Gasteiger charge is 2.12. The van der Waals surface area contributed by atoms with Crippen molar-refractivity contribution in [2.24, 2.45) is 0 Å². The average molecular weight is 297 g/mol. The largest absolute Gasteiger partial charge is 0.477 e. The van der Waals surface area contributed by atoms with Gasteiger partial charge in [-0.05, 0) is 30.3 Å². The second-order valence-electron chi connectivity index (χ2n) is 4.00. The molecule has 0 aliphatic heterocycles. The van der Waals surface area contributed by atoms with E-state index in [4.69, 9.17) is 16.7 Å². The summed E-state index contributed by atoms with van der Waals surface area (Å²) in [5, 5.41) is 11.5. The summed E-state index contributed by atoms with van der Waals surface area (Å²) in [7, 11) is 0. The van der Waals surface area contributed by atoms with Crippen LogP contribution in [0, 0.1) is 5.82 Å². The van der Waals surface area contributed by atoms with Gasteiger partial charge in [-0.25, -0.2) is 9.18 Å². The Balaban J connectivity index is 2.09. The zero-order chi connectivity index (χ0) is 14.7. The fraction of sp³-hybridized carbons (Fsp3) is 0.0769. The minimum atomic E-state index is -1.12. The molecule has 1 heterocycles. The zero-order valence-corrected chi connectivity index (χ0v) is 10.9. The van der Waals surface area contributed by atoms with Gasteiger partial charge in [0.25, 0.3) is 0 Å². The lowest BCUT2D eigenvalue weighted by Gasteiger charge is -2.09. The minimum absolute atomic E-state index is 0.00496. The normalized spacial score (nSPS) is 10.3. The van der Waals surface area contributed by atoms with Crippen molar-refractivity contribution in [2.75, 3.05) is 5.32 Å². The maximum atomic E-state index is 12.9. The van der Waals surface area contributed by atoms with E-state index in [2.05, 4.69) is 5.32 Å². The van der Waals surface area contributed by atoms with Crippen LogP contribution >= 0.6 is 11.6 Å². The molecule has 0 aliphatic carbocycles. The monoisotopic (exact) mass is 296 g/mol. The summed E-state index contributed by atoms with van der Waals surface area (Å²) in [6, 6.07) is 6.50. The molecule has 0 unspecified atom stereocenters. The molecule has 20 heavy (non-hydrogen) atoms. The first kappa shape index (κ1) is 14.1. The van der Waals surface area contributed by atoms with Crippen molar-refractivity contribution in [3.8, 4) is 0 Å². The Morgan fingerprint density at radius 2 is 2.10 bits per heavy atom. The topological polar surface area (TPSA) is 71.3 Å². The van der Waals surface area contributed by atoms with E-state index in [0.717, 1.165) is 6.07 Å². The van der Waals surface area contributed by atoms with E-state index in [1.54, 1.807) is 0 Å². The lowest BCUT2D eigenvalue weighted by molar-refractivity contribution is -0.116. The van der Waals surface area contributed by atoms with Gasteiger partial charge in [-0.15, -0.1) is 0 Å². The number of hydrogen-bond donors (Lipinski definition) is 2. The first-order valence-corrected chi connectivity index (χ1v) is 5.98. The van der Waals surface area contributed by atoms with Crippen molar-refractivity contribution >= 4 is 29.2 Å². The smallest absolute Gasteiger partial charge is 0.352 e. The number of amides is 1. The zero-order valence-electron chi connectivity index (χ0n) is 10.1. The molecule has 2 rings (SSSR count). The van der Waals surface area contributed by atoms with Crippen LogP contribution in [-0.2, 0) is 11.3 Å². The first-order valence-electron chi connectivity index (χ1n) is 5.60. The molecular formula is C13H10ClFN2O3. The Morgan fingerprint density at radius 1 is 1.35 bits per heavy atom. The number of carboxylic acids is 1. The number of nitrogens with one attached hydrogen (secondary N) is 1. The minimum Gasteiger partial charge on any atom is -0.477 e. The van der Waals surface area contributed by atoms with E-state index in [-0.39, 0.29) is 22.9 Å². The van der Waals surface area contributed by atoms with Crippen LogP contribution in [0.25, 0.3) is 0 Å². The van der Waals surface area contributed by atoms with Crippen LogP contribution in [0.15, 0.2) is 36.5 Å². The molecule has 2 aromatic rings. The number of halogens is 2. The van der Waals surface area contributed by atoms with Crippen molar-refractivity contribution in [1.82, 2.24) is 4.57 Å². The SMILES string of the molecule is O=C(Cn1cccc1C(=O)O)Nc1ccc(F)cc1Cl. The van der Waals surface area contributed by atoms with Crippen LogP contribution in [0.2, 0.25) is 5.02 Å². The van der Waals surface area contributed by atoms with Gasteiger partial charge in [0.05, 0.1) is 10.7 Å². The predicted octanol–water partition coefficient (Wildman–Crippen LogP) is 2.62. The summed E-state index contributed by atoms with van der Waals surface area (Å²) in [6.45, 7) is -0.178. The van der Waals surface area contributed by atoms with Gasteiger partial charge in [-0.2, -0.15) is 0 Å². The third kappa shape index (κ3) is 3.16. The Morgan fingerprint density at radius 3 is 2.75 bits per heavy atom. The van der Waals surface area contributed by atoms with Crippen LogP contribution in [0.4, 0.5) is 10.1 Å². The summed E-state index contributed by atoms with van der Waals surface area (Å²) >= 11 is 5.78. The number of carbonyl (C=O) groups is 2. The van der Waals surface area contributed by atoms with Gasteiger partial charge in [0.15, 0.2) is 0 Å². The number of anilines is 1. The molecular weight excluding hydrogens is 287 g/mol. The molecule has 7 heteroatoms. The molecule has 0 aliphatic rings. The van der Waals surface area contributed by atoms with E-state index in [9.17, 15) is 14.0 Å². The van der Waals surface area contributed by atoms with E-state index in [0.29, 0.717) is 0 Å². The number of nitrogens with zero attached hydrogens (tertiary/aromatic N) is 1. The molecule has 1 aromatic heterocycles. The van der Waals surface area contributed by atoms with Crippen LogP contribution in [0.5, 0.6) is 0 Å². The van der Waals surface area contributed by atoms with Crippen molar-refractivity contribution in [1.29, 1.82) is 0 Å². The van der Waals surface area contributed by atoms with Crippen LogP contribution in [-0.4, -0.2) is 21.6 Å². The summed E-state index contributed by atoms with van der Waals surface area (Å²) < 4.78 is 14.2. The second-order valence-corrected chi connectivity index (χ2v) is 4.41. The molecule has 104 valence electrons. The van der Waals surface area contributed by atoms with E-state index >= 15 is 0 Å². The molecule has 0 atom stereocenters. The summed E-state index contributed by atoms with van der Waals surface area (Å²) in [5.41, 5.74) is 0.271. The molecule has 0 bridgehead atoms. The number of aromatic carboxylic acids is 1. The number of aromatic nitrogens is 1. The Labute approximate surface area is 118 Å². The van der Waals surface area contributed by atoms with Gasteiger partial charge in [0, 0.05) is 6.20 Å². The summed E-state index contributed by atoms with van der Waals surface area (Å²) in [4.78, 5) is 22.7. The summed E-state index contributed by atoms with van der Waals surface area (Å²) in [5.74, 6) is -2.09. The highest BCUT2D eigenvalue weighted by Crippen LogP contribution is 2.22. The first-order chi connectivity index (χ1) is 9.47. The molecule has 0 radical (unpaired) electrons. The van der Waals surface area contributed by atoms with Crippen molar-refractivity contribution in [3.63, 3.8) is 0 Å². The lowest BCUT2D eigenvalue weighted by atomic mass is 10.3. The van der Waals surface area contributed by atoms with Gasteiger partial charge in [0.1, 0.15) is 18.1 Å². The second kappa shape index (κ2) is 5.75. The fourth-order valence-electron chi connectivity index (χ4n) is 1.68. The number of benzene rings is 1. The Hall–Kier alpha value is -2.34. The molecule has 0 saturated heterocycles. The van der Waals surface area contributed by atoms with Crippen molar-refractivity contribution in [2.45, 2.75) is 6.54 Å². The quantitative estimate of drug-likeness (QED) is 0.911. The van der Waals surface area contributed by atoms with Crippen LogP contribution < -0.4 is 5.32 Å². The Kier molecular flexibility index (Phi) is 4.05. The van der Waals surface area contributed by atoms with E-state index < -0.39 is 17.7 Å². The lowest BCUT2D eigenvalue weighted by Crippen LogP contribution is -2.21. The molecule has 1 aromatic carbocycles. The van der Waals surface area contributed by atoms with Gasteiger partial charge < -0.3 is 15.0 Å². The number of hydrogen-bond acceptors (Lipinski definition) is 2. The third-order valence-corrected chi connectivity index (χ3v) is 2.88. The predicted molar refractivity (Wildman–Crippen MR) is 71.4 cm³/mol. The third-order valence-electron chi connectivity index (χ3n) is 2.57. The molecule has 1 amide bonds. The molecule has 2 N–H and O–H groups in total. The van der Waals surface area contributed by atoms with E-state index in [1.807, 2.05) is 0 Å². The number of carboxylic acid groups (broad SMARTS) is 1. The van der Waals surface area contributed by atoms with Crippen molar-refractivity contribution < 1.29 is 19.1 Å². The molecule has 5 nitrogen and oxygen atoms in total. The van der Waals surface area contributed by atoms with Gasteiger partial charge in [0.2, 0.25) is 5.91 Å². The average Bonchev–Trinajstić information content (AvgIpc) is 2.81. The van der Waals surface area contributed by atoms with Gasteiger partial charge >= 0.3 is 5.97 Å². The standard InChI is InChI=1S/C13H10ClFN2O3/c14-9-6-8(15)3-4-10(9)16-12(18)7-17-5-1-2-11(17)13(19)20/h1-6H,7H2,(H,16,18)(H,19,20). The maximum Gasteiger partial charge on any atom is 0.352 e. The maximum absolute atomic E-state index is 12.9. The molecule has 0 fully saturated rings. The van der Waals surface area contributed by atoms with Crippen LogP contribution in [0.1, 0.15) is 10.5 Å². The molecule has 0 spiro atoms. The van der Waals surface area contributed by atoms with Gasteiger partial charge in [-0.3, -0.25) is 4.79 Å². The fourth-order valence-corrected chi connectivity index (χ4v) is 1.90.